The van der Waals surface area contributed by atoms with Gasteiger partial charge in [-0.25, -0.2) is 0 Å². The van der Waals surface area contributed by atoms with E-state index in [1.807, 2.05) is 0 Å². The SMILES string of the molecule is Cc1ccc2c(c1)C(=O)N(CC(=O)Nc1ccc(S(=O)(=O)F)cc1)C2=O. The number of amides is 3. The average molecular weight is 376 g/mol. The summed E-state index contributed by atoms with van der Waals surface area (Å²) >= 11 is 0. The average Bonchev–Trinajstić information content (AvgIpc) is 2.79. The topological polar surface area (TPSA) is 101 Å². The zero-order valence-electron chi connectivity index (χ0n) is 13.5. The Morgan fingerprint density at radius 3 is 2.27 bits per heavy atom. The Balaban J connectivity index is 1.71. The maximum atomic E-state index is 12.8. The standard InChI is InChI=1S/C17H13FN2O5S/c1-10-2-7-13-14(8-10)17(23)20(16(13)22)9-15(21)19-11-3-5-12(6-4-11)26(18,24)25/h2-8H,9H2,1H3,(H,19,21). The molecular formula is C17H13FN2O5S. The smallest absolute Gasteiger partial charge is 0.325 e. The van der Waals surface area contributed by atoms with Crippen molar-refractivity contribution in [1.29, 1.82) is 0 Å². The number of nitrogens with zero attached hydrogens (tertiary/aromatic N) is 1. The van der Waals surface area contributed by atoms with E-state index < -0.39 is 39.4 Å². The van der Waals surface area contributed by atoms with E-state index in [0.717, 1.165) is 22.6 Å². The zero-order chi connectivity index (χ0) is 19.1. The first-order chi connectivity index (χ1) is 12.2. The molecule has 0 unspecified atom stereocenters. The summed E-state index contributed by atoms with van der Waals surface area (Å²) in [6, 6.07) is 9.23. The number of fused-ring (bicyclic) bond motifs is 1. The molecule has 134 valence electrons. The minimum atomic E-state index is -4.83. The van der Waals surface area contributed by atoms with Gasteiger partial charge < -0.3 is 5.32 Å². The number of anilines is 1. The van der Waals surface area contributed by atoms with Crippen LogP contribution < -0.4 is 5.32 Å². The highest BCUT2D eigenvalue weighted by molar-refractivity contribution is 7.86. The predicted octanol–water partition coefficient (Wildman–Crippen LogP) is 1.89. The van der Waals surface area contributed by atoms with Gasteiger partial charge in [0.25, 0.3) is 11.8 Å². The van der Waals surface area contributed by atoms with E-state index in [9.17, 15) is 26.7 Å². The van der Waals surface area contributed by atoms with Crippen LogP contribution in [0.4, 0.5) is 9.57 Å². The first kappa shape index (κ1) is 17.7. The summed E-state index contributed by atoms with van der Waals surface area (Å²) in [6.07, 6.45) is 0. The minimum Gasteiger partial charge on any atom is -0.325 e. The molecule has 1 heterocycles. The number of halogens is 1. The first-order valence-corrected chi connectivity index (χ1v) is 8.86. The number of aryl methyl sites for hydroxylation is 1. The molecule has 7 nitrogen and oxygen atoms in total. The van der Waals surface area contributed by atoms with Crippen molar-refractivity contribution >= 4 is 33.6 Å². The van der Waals surface area contributed by atoms with E-state index >= 15 is 0 Å². The van der Waals surface area contributed by atoms with Crippen LogP contribution in [0, 0.1) is 6.92 Å². The Labute approximate surface area is 148 Å². The molecule has 0 aromatic heterocycles. The second-order valence-corrected chi connectivity index (χ2v) is 7.10. The van der Waals surface area contributed by atoms with E-state index in [2.05, 4.69) is 5.32 Å². The molecule has 0 saturated carbocycles. The molecule has 0 bridgehead atoms. The number of nitrogens with one attached hydrogen (secondary N) is 1. The lowest BCUT2D eigenvalue weighted by Gasteiger charge is -2.13. The molecule has 0 aliphatic carbocycles. The van der Waals surface area contributed by atoms with Crippen LogP contribution in [0.25, 0.3) is 0 Å². The Morgan fingerprint density at radius 1 is 1.04 bits per heavy atom. The lowest BCUT2D eigenvalue weighted by molar-refractivity contribution is -0.116. The fraction of sp³-hybridized carbons (Fsp3) is 0.118. The van der Waals surface area contributed by atoms with Gasteiger partial charge in [0.1, 0.15) is 6.54 Å². The Kier molecular flexibility index (Phi) is 4.33. The Morgan fingerprint density at radius 2 is 1.65 bits per heavy atom. The quantitative estimate of drug-likeness (QED) is 0.649. The van der Waals surface area contributed by atoms with E-state index in [1.54, 1.807) is 25.1 Å². The van der Waals surface area contributed by atoms with E-state index in [0.29, 0.717) is 0 Å². The lowest BCUT2D eigenvalue weighted by atomic mass is 10.1. The molecule has 9 heteroatoms. The number of hydrogen-bond donors (Lipinski definition) is 1. The molecule has 26 heavy (non-hydrogen) atoms. The number of imide groups is 1. The van der Waals surface area contributed by atoms with Gasteiger partial charge >= 0.3 is 10.2 Å². The highest BCUT2D eigenvalue weighted by Gasteiger charge is 2.36. The molecule has 1 N–H and O–H groups in total. The molecule has 3 rings (SSSR count). The minimum absolute atomic E-state index is 0.204. The van der Waals surface area contributed by atoms with Crippen LogP contribution in [-0.4, -0.2) is 37.6 Å². The van der Waals surface area contributed by atoms with Crippen molar-refractivity contribution in [3.05, 3.63) is 59.2 Å². The van der Waals surface area contributed by atoms with Crippen molar-refractivity contribution in [3.63, 3.8) is 0 Å². The number of rotatable bonds is 4. The highest BCUT2D eigenvalue weighted by Crippen LogP contribution is 2.24. The van der Waals surface area contributed by atoms with Crippen molar-refractivity contribution in [2.75, 3.05) is 11.9 Å². The van der Waals surface area contributed by atoms with E-state index in [1.165, 1.54) is 12.1 Å². The zero-order valence-corrected chi connectivity index (χ0v) is 14.3. The highest BCUT2D eigenvalue weighted by atomic mass is 32.3. The van der Waals surface area contributed by atoms with Gasteiger partial charge in [-0.15, -0.1) is 3.89 Å². The summed E-state index contributed by atoms with van der Waals surface area (Å²) in [7, 11) is -4.83. The fourth-order valence-electron chi connectivity index (χ4n) is 2.59. The molecule has 1 aliphatic rings. The number of benzene rings is 2. The second-order valence-electron chi connectivity index (χ2n) is 5.76. The molecule has 3 amide bonds. The van der Waals surface area contributed by atoms with Crippen LogP contribution >= 0.6 is 0 Å². The van der Waals surface area contributed by atoms with E-state index in [4.69, 9.17) is 0 Å². The number of carbonyl (C=O) groups is 3. The van der Waals surface area contributed by atoms with Crippen molar-refractivity contribution < 1.29 is 26.7 Å². The van der Waals surface area contributed by atoms with Gasteiger partial charge in [-0.2, -0.15) is 8.42 Å². The maximum Gasteiger partial charge on any atom is 0.332 e. The largest absolute Gasteiger partial charge is 0.332 e. The monoisotopic (exact) mass is 376 g/mol. The summed E-state index contributed by atoms with van der Waals surface area (Å²) in [5, 5.41) is 2.42. The molecule has 2 aromatic carbocycles. The van der Waals surface area contributed by atoms with Crippen LogP contribution in [0.5, 0.6) is 0 Å². The molecule has 0 atom stereocenters. The van der Waals surface area contributed by atoms with Gasteiger partial charge in [0.2, 0.25) is 5.91 Å². The molecule has 1 aliphatic heterocycles. The van der Waals surface area contributed by atoms with Crippen LogP contribution in [0.3, 0.4) is 0 Å². The molecule has 2 aromatic rings. The number of carbonyl (C=O) groups excluding carboxylic acids is 3. The third kappa shape index (κ3) is 3.33. The van der Waals surface area contributed by atoms with Crippen molar-refractivity contribution in [2.45, 2.75) is 11.8 Å². The summed E-state index contributed by atoms with van der Waals surface area (Å²) in [4.78, 5) is 37.0. The first-order valence-electron chi connectivity index (χ1n) is 7.48. The Hall–Kier alpha value is -3.07. The van der Waals surface area contributed by atoms with Gasteiger partial charge in [0.15, 0.2) is 0 Å². The van der Waals surface area contributed by atoms with Gasteiger partial charge in [-0.05, 0) is 43.3 Å². The molecule has 0 fully saturated rings. The van der Waals surface area contributed by atoms with Crippen molar-refractivity contribution in [3.8, 4) is 0 Å². The predicted molar refractivity (Wildman–Crippen MR) is 89.9 cm³/mol. The van der Waals surface area contributed by atoms with Crippen molar-refractivity contribution in [1.82, 2.24) is 4.90 Å². The molecule has 0 saturated heterocycles. The van der Waals surface area contributed by atoms with Gasteiger partial charge in [0, 0.05) is 5.69 Å². The van der Waals surface area contributed by atoms with Gasteiger partial charge in [0.05, 0.1) is 16.0 Å². The van der Waals surface area contributed by atoms with Crippen molar-refractivity contribution in [2.24, 2.45) is 0 Å². The van der Waals surface area contributed by atoms with Gasteiger partial charge in [-0.1, -0.05) is 11.6 Å². The van der Waals surface area contributed by atoms with Crippen LogP contribution in [0.2, 0.25) is 0 Å². The third-order valence-electron chi connectivity index (χ3n) is 3.85. The summed E-state index contributed by atoms with van der Waals surface area (Å²) in [5.41, 5.74) is 1.51. The molecular weight excluding hydrogens is 363 g/mol. The van der Waals surface area contributed by atoms with Crippen LogP contribution in [-0.2, 0) is 15.0 Å². The summed E-state index contributed by atoms with van der Waals surface area (Å²) < 4.78 is 34.4. The molecule has 0 radical (unpaired) electrons. The van der Waals surface area contributed by atoms with E-state index in [-0.39, 0.29) is 16.8 Å². The normalized spacial score (nSPS) is 13.7. The number of hydrogen-bond acceptors (Lipinski definition) is 5. The summed E-state index contributed by atoms with van der Waals surface area (Å²) in [6.45, 7) is 1.29. The molecule has 0 spiro atoms. The third-order valence-corrected chi connectivity index (χ3v) is 4.68. The van der Waals surface area contributed by atoms with Crippen LogP contribution in [0.1, 0.15) is 26.3 Å². The lowest BCUT2D eigenvalue weighted by Crippen LogP contribution is -2.37. The Bertz CT molecular complexity index is 1030. The summed E-state index contributed by atoms with van der Waals surface area (Å²) in [5.74, 6) is -1.76. The van der Waals surface area contributed by atoms with Crippen LogP contribution in [0.15, 0.2) is 47.4 Å². The fourth-order valence-corrected chi connectivity index (χ4v) is 3.05. The maximum absolute atomic E-state index is 12.8. The van der Waals surface area contributed by atoms with Gasteiger partial charge in [-0.3, -0.25) is 19.3 Å². The second kappa shape index (κ2) is 6.34.